The van der Waals surface area contributed by atoms with Gasteiger partial charge in [0.25, 0.3) is 26.0 Å². The number of carbonyl (C=O) groups is 1. The van der Waals surface area contributed by atoms with Crippen LogP contribution in [0.1, 0.15) is 32.9 Å². The van der Waals surface area contributed by atoms with E-state index in [1.165, 1.54) is 36.4 Å². The maximum Gasteiger partial charge on any atom is 0.264 e. The first-order chi connectivity index (χ1) is 18.3. The first kappa shape index (κ1) is 27.7. The third-order valence-electron chi connectivity index (χ3n) is 5.64. The van der Waals surface area contributed by atoms with Crippen molar-refractivity contribution in [3.63, 3.8) is 0 Å². The van der Waals surface area contributed by atoms with Crippen LogP contribution in [-0.2, 0) is 20.0 Å². The van der Waals surface area contributed by atoms with Gasteiger partial charge < -0.3 is 5.32 Å². The van der Waals surface area contributed by atoms with Gasteiger partial charge in [-0.05, 0) is 93.4 Å². The molecule has 1 aromatic heterocycles. The van der Waals surface area contributed by atoms with E-state index in [-0.39, 0.29) is 21.3 Å². The third-order valence-corrected chi connectivity index (χ3v) is 8.51. The van der Waals surface area contributed by atoms with E-state index in [0.717, 1.165) is 5.56 Å². The molecule has 0 aliphatic heterocycles. The van der Waals surface area contributed by atoms with Crippen LogP contribution >= 0.6 is 0 Å². The number of aryl methyl sites for hydroxylation is 4. The lowest BCUT2D eigenvalue weighted by atomic mass is 10.1. The molecule has 10 nitrogen and oxygen atoms in total. The summed E-state index contributed by atoms with van der Waals surface area (Å²) in [7, 11) is -7.92. The number of rotatable bonds is 8. The average Bonchev–Trinajstić information content (AvgIpc) is 2.83. The summed E-state index contributed by atoms with van der Waals surface area (Å²) in [6.45, 7) is 6.96. The van der Waals surface area contributed by atoms with Crippen molar-refractivity contribution in [2.24, 2.45) is 0 Å². The van der Waals surface area contributed by atoms with Gasteiger partial charge in [0, 0.05) is 28.3 Å². The van der Waals surface area contributed by atoms with Crippen molar-refractivity contribution in [1.82, 2.24) is 9.97 Å². The number of nitrogens with zero attached hydrogens (tertiary/aromatic N) is 2. The Kier molecular flexibility index (Phi) is 7.70. The number of nitrogens with one attached hydrogen (secondary N) is 3. The van der Waals surface area contributed by atoms with Gasteiger partial charge in [-0.3, -0.25) is 9.52 Å². The first-order valence-corrected chi connectivity index (χ1v) is 14.8. The van der Waals surface area contributed by atoms with Crippen LogP contribution in [0.2, 0.25) is 0 Å². The Hall–Kier alpha value is -4.29. The SMILES string of the molecule is Cc1cccc(NS(=O)(=O)c2cc(C(=O)Nc3ccc(S(=O)(=O)Nc4nc(C)cc(C)n4)cc3)ccc2C)c1. The van der Waals surface area contributed by atoms with E-state index in [1.807, 2.05) is 13.0 Å². The third kappa shape index (κ3) is 6.78. The van der Waals surface area contributed by atoms with Crippen molar-refractivity contribution in [1.29, 1.82) is 0 Å². The number of benzene rings is 3. The summed E-state index contributed by atoms with van der Waals surface area (Å²) in [6.07, 6.45) is 0. The lowest BCUT2D eigenvalue weighted by Gasteiger charge is -2.13. The zero-order valence-electron chi connectivity index (χ0n) is 21.7. The summed E-state index contributed by atoms with van der Waals surface area (Å²) >= 11 is 0. The molecule has 0 bridgehead atoms. The highest BCUT2D eigenvalue weighted by atomic mass is 32.2. The molecular formula is C27H27N5O5S2. The van der Waals surface area contributed by atoms with Crippen LogP contribution in [0.15, 0.2) is 82.6 Å². The topological polar surface area (TPSA) is 147 Å². The second-order valence-electron chi connectivity index (χ2n) is 9.01. The molecular weight excluding hydrogens is 538 g/mol. The molecule has 0 fully saturated rings. The molecule has 0 aliphatic carbocycles. The Morgan fingerprint density at radius 3 is 2.00 bits per heavy atom. The number of amides is 1. The van der Waals surface area contributed by atoms with E-state index < -0.39 is 26.0 Å². The van der Waals surface area contributed by atoms with Gasteiger partial charge in [-0.15, -0.1) is 0 Å². The highest BCUT2D eigenvalue weighted by molar-refractivity contribution is 7.93. The van der Waals surface area contributed by atoms with Gasteiger partial charge in [-0.2, -0.15) is 0 Å². The van der Waals surface area contributed by atoms with Crippen LogP contribution in [0.3, 0.4) is 0 Å². The summed E-state index contributed by atoms with van der Waals surface area (Å²) in [5.74, 6) is -0.591. The highest BCUT2D eigenvalue weighted by Crippen LogP contribution is 2.23. The van der Waals surface area contributed by atoms with E-state index in [9.17, 15) is 21.6 Å². The van der Waals surface area contributed by atoms with Crippen molar-refractivity contribution >= 4 is 43.3 Å². The van der Waals surface area contributed by atoms with Crippen LogP contribution < -0.4 is 14.8 Å². The molecule has 0 aliphatic rings. The number of aromatic nitrogens is 2. The van der Waals surface area contributed by atoms with Gasteiger partial charge >= 0.3 is 0 Å². The van der Waals surface area contributed by atoms with Gasteiger partial charge in [-0.25, -0.2) is 31.5 Å². The van der Waals surface area contributed by atoms with E-state index in [2.05, 4.69) is 24.7 Å². The van der Waals surface area contributed by atoms with Crippen LogP contribution in [-0.4, -0.2) is 32.7 Å². The van der Waals surface area contributed by atoms with Gasteiger partial charge in [0.1, 0.15) is 0 Å². The average molecular weight is 566 g/mol. The summed E-state index contributed by atoms with van der Waals surface area (Å²) in [5, 5.41) is 2.66. The Balaban J connectivity index is 1.50. The van der Waals surface area contributed by atoms with Crippen molar-refractivity contribution in [2.45, 2.75) is 37.5 Å². The van der Waals surface area contributed by atoms with E-state index in [4.69, 9.17) is 0 Å². The lowest BCUT2D eigenvalue weighted by molar-refractivity contribution is 0.102. The number of hydrogen-bond acceptors (Lipinski definition) is 7. The minimum Gasteiger partial charge on any atom is -0.322 e. The van der Waals surface area contributed by atoms with E-state index in [0.29, 0.717) is 28.3 Å². The van der Waals surface area contributed by atoms with Crippen molar-refractivity contribution in [3.05, 3.63) is 101 Å². The Morgan fingerprint density at radius 1 is 0.692 bits per heavy atom. The fraction of sp³-hybridized carbons (Fsp3) is 0.148. The van der Waals surface area contributed by atoms with Gasteiger partial charge in [0.05, 0.1) is 9.79 Å². The fourth-order valence-electron chi connectivity index (χ4n) is 3.82. The Morgan fingerprint density at radius 2 is 1.36 bits per heavy atom. The fourth-order valence-corrected chi connectivity index (χ4v) is 6.09. The van der Waals surface area contributed by atoms with E-state index >= 15 is 0 Å². The zero-order chi connectivity index (χ0) is 28.4. The quantitative estimate of drug-likeness (QED) is 0.284. The molecule has 4 rings (SSSR count). The maximum absolute atomic E-state index is 13.1. The molecule has 12 heteroatoms. The summed E-state index contributed by atoms with van der Waals surface area (Å²) in [6, 6.07) is 18.6. The molecule has 0 spiro atoms. The molecule has 4 aromatic rings. The summed E-state index contributed by atoms with van der Waals surface area (Å²) < 4.78 is 56.5. The summed E-state index contributed by atoms with van der Waals surface area (Å²) in [4.78, 5) is 21.0. The normalized spacial score (nSPS) is 11.6. The van der Waals surface area contributed by atoms with Crippen LogP contribution in [0.5, 0.6) is 0 Å². The predicted molar refractivity (Wildman–Crippen MR) is 150 cm³/mol. The standard InChI is InChI=1S/C27H27N5O5S2/c1-17-6-5-7-23(14-17)31-39(36,37)25-16-21(9-8-18(25)2)26(33)30-22-10-12-24(13-11-22)38(34,35)32-27-28-19(3)15-20(4)29-27/h5-16,31H,1-4H3,(H,30,33)(H,28,29,32). The molecule has 0 saturated heterocycles. The molecule has 39 heavy (non-hydrogen) atoms. The lowest BCUT2D eigenvalue weighted by Crippen LogP contribution is -2.17. The smallest absolute Gasteiger partial charge is 0.264 e. The number of carbonyl (C=O) groups excluding carboxylic acids is 1. The molecule has 0 radical (unpaired) electrons. The molecule has 3 N–H and O–H groups in total. The van der Waals surface area contributed by atoms with Crippen LogP contribution in [0.25, 0.3) is 0 Å². The Labute approximate surface area is 227 Å². The minimum absolute atomic E-state index is 0.0298. The van der Waals surface area contributed by atoms with E-state index in [1.54, 1.807) is 51.1 Å². The molecule has 0 unspecified atom stereocenters. The molecule has 1 heterocycles. The maximum atomic E-state index is 13.1. The molecule has 3 aromatic carbocycles. The monoisotopic (exact) mass is 565 g/mol. The summed E-state index contributed by atoms with van der Waals surface area (Å²) in [5.41, 5.74) is 3.47. The van der Waals surface area contributed by atoms with Crippen molar-refractivity contribution in [3.8, 4) is 0 Å². The van der Waals surface area contributed by atoms with Gasteiger partial charge in [-0.1, -0.05) is 18.2 Å². The largest absolute Gasteiger partial charge is 0.322 e. The van der Waals surface area contributed by atoms with Crippen molar-refractivity contribution in [2.75, 3.05) is 14.8 Å². The molecule has 1 amide bonds. The molecule has 0 atom stereocenters. The number of anilines is 3. The minimum atomic E-state index is -3.96. The van der Waals surface area contributed by atoms with Crippen molar-refractivity contribution < 1.29 is 21.6 Å². The first-order valence-electron chi connectivity index (χ1n) is 11.8. The van der Waals surface area contributed by atoms with Crippen LogP contribution in [0, 0.1) is 27.7 Å². The molecule has 0 saturated carbocycles. The molecule has 202 valence electrons. The van der Waals surface area contributed by atoms with Gasteiger partial charge in [0.2, 0.25) is 5.95 Å². The predicted octanol–water partition coefficient (Wildman–Crippen LogP) is 4.56. The highest BCUT2D eigenvalue weighted by Gasteiger charge is 2.20. The number of sulfonamides is 2. The Bertz CT molecular complexity index is 1750. The second-order valence-corrected chi connectivity index (χ2v) is 12.3. The zero-order valence-corrected chi connectivity index (χ0v) is 23.3. The van der Waals surface area contributed by atoms with Gasteiger partial charge in [0.15, 0.2) is 0 Å². The number of hydrogen-bond donors (Lipinski definition) is 3. The van der Waals surface area contributed by atoms with Crippen LogP contribution in [0.4, 0.5) is 17.3 Å². The second kappa shape index (κ2) is 10.8.